The van der Waals surface area contributed by atoms with Gasteiger partial charge in [-0.2, -0.15) is 4.98 Å². The summed E-state index contributed by atoms with van der Waals surface area (Å²) in [6, 6.07) is 7.89. The molecule has 6 nitrogen and oxygen atoms in total. The first-order valence-corrected chi connectivity index (χ1v) is 9.44. The van der Waals surface area contributed by atoms with Gasteiger partial charge in [-0.25, -0.2) is 4.98 Å². The summed E-state index contributed by atoms with van der Waals surface area (Å²) in [5.41, 5.74) is 1.96. The Bertz CT molecular complexity index is 722. The summed E-state index contributed by atoms with van der Waals surface area (Å²) in [5.74, 6) is 2.63. The molecule has 26 heavy (non-hydrogen) atoms. The molecule has 0 spiro atoms. The van der Waals surface area contributed by atoms with E-state index in [2.05, 4.69) is 15.2 Å². The Morgan fingerprint density at radius 3 is 2.58 bits per heavy atom. The molecule has 0 bridgehead atoms. The van der Waals surface area contributed by atoms with Gasteiger partial charge in [0.1, 0.15) is 16.7 Å². The van der Waals surface area contributed by atoms with E-state index in [1.807, 2.05) is 24.3 Å². The lowest BCUT2D eigenvalue weighted by Crippen LogP contribution is -2.37. The third-order valence-corrected chi connectivity index (χ3v) is 4.70. The molecule has 1 aliphatic heterocycles. The van der Waals surface area contributed by atoms with Crippen LogP contribution in [0.4, 0.5) is 11.8 Å². The van der Waals surface area contributed by atoms with Gasteiger partial charge in [-0.1, -0.05) is 23.7 Å². The van der Waals surface area contributed by atoms with Crippen LogP contribution in [-0.2, 0) is 17.7 Å². The fourth-order valence-corrected chi connectivity index (χ4v) is 3.19. The van der Waals surface area contributed by atoms with Gasteiger partial charge in [0.05, 0.1) is 20.3 Å². The second kappa shape index (κ2) is 9.26. The second-order valence-electron chi connectivity index (χ2n) is 5.88. The molecule has 1 aromatic heterocycles. The van der Waals surface area contributed by atoms with Crippen LogP contribution in [0.5, 0.6) is 5.75 Å². The molecule has 1 saturated heterocycles. The van der Waals surface area contributed by atoms with Crippen molar-refractivity contribution in [1.29, 1.82) is 0 Å². The molecule has 2 heterocycles. The van der Waals surface area contributed by atoms with Gasteiger partial charge in [-0.3, -0.25) is 0 Å². The summed E-state index contributed by atoms with van der Waals surface area (Å²) >= 11 is 12.4. The molecule has 3 rings (SSSR count). The lowest BCUT2D eigenvalue weighted by Gasteiger charge is -2.27. The number of hydrogen-bond acceptors (Lipinski definition) is 6. The molecule has 0 radical (unpaired) electrons. The predicted molar refractivity (Wildman–Crippen MR) is 105 cm³/mol. The van der Waals surface area contributed by atoms with E-state index in [9.17, 15) is 0 Å². The van der Waals surface area contributed by atoms with Crippen LogP contribution in [0.25, 0.3) is 0 Å². The van der Waals surface area contributed by atoms with E-state index in [0.29, 0.717) is 43.2 Å². The van der Waals surface area contributed by atoms with E-state index in [0.717, 1.165) is 35.8 Å². The Hall–Kier alpha value is -1.76. The minimum Gasteiger partial charge on any atom is -0.497 e. The van der Waals surface area contributed by atoms with Gasteiger partial charge < -0.3 is 19.7 Å². The van der Waals surface area contributed by atoms with Crippen LogP contribution >= 0.6 is 23.2 Å². The topological polar surface area (TPSA) is 59.5 Å². The second-order valence-corrected chi connectivity index (χ2v) is 6.62. The molecule has 0 saturated carbocycles. The van der Waals surface area contributed by atoms with Crippen molar-refractivity contribution in [2.75, 3.05) is 49.5 Å². The van der Waals surface area contributed by atoms with Crippen molar-refractivity contribution in [3.05, 3.63) is 40.5 Å². The number of ether oxygens (including phenoxy) is 2. The Morgan fingerprint density at radius 2 is 1.92 bits per heavy atom. The largest absolute Gasteiger partial charge is 0.497 e. The molecule has 1 aromatic carbocycles. The third-order valence-electron chi connectivity index (χ3n) is 4.20. The molecule has 0 aliphatic carbocycles. The molecule has 1 N–H and O–H groups in total. The van der Waals surface area contributed by atoms with Crippen molar-refractivity contribution < 1.29 is 9.47 Å². The SMILES string of the molecule is COc1ccc(CNc2nc(N3CCOCC3)nc(Cl)c2CCCl)cc1. The van der Waals surface area contributed by atoms with E-state index in [4.69, 9.17) is 37.7 Å². The first-order valence-electron chi connectivity index (χ1n) is 8.53. The summed E-state index contributed by atoms with van der Waals surface area (Å²) < 4.78 is 10.6. The summed E-state index contributed by atoms with van der Waals surface area (Å²) in [6.07, 6.45) is 0.606. The number of nitrogens with zero attached hydrogens (tertiary/aromatic N) is 3. The van der Waals surface area contributed by atoms with Crippen LogP contribution in [-0.4, -0.2) is 49.3 Å². The predicted octanol–water partition coefficient (Wildman–Crippen LogP) is 3.37. The summed E-state index contributed by atoms with van der Waals surface area (Å²) in [6.45, 7) is 3.46. The van der Waals surface area contributed by atoms with Gasteiger partial charge in [0.15, 0.2) is 0 Å². The highest BCUT2D eigenvalue weighted by Crippen LogP contribution is 2.26. The van der Waals surface area contributed by atoms with Crippen LogP contribution < -0.4 is 15.0 Å². The van der Waals surface area contributed by atoms with Crippen molar-refractivity contribution in [2.24, 2.45) is 0 Å². The third kappa shape index (κ3) is 4.69. The minimum atomic E-state index is 0.444. The Labute approximate surface area is 163 Å². The van der Waals surface area contributed by atoms with E-state index >= 15 is 0 Å². The lowest BCUT2D eigenvalue weighted by atomic mass is 10.2. The van der Waals surface area contributed by atoms with E-state index < -0.39 is 0 Å². The molecular formula is C18H22Cl2N4O2. The van der Waals surface area contributed by atoms with Crippen LogP contribution in [0.3, 0.4) is 0 Å². The summed E-state index contributed by atoms with van der Waals surface area (Å²) in [7, 11) is 1.65. The van der Waals surface area contributed by atoms with Gasteiger partial charge in [0, 0.05) is 31.1 Å². The highest BCUT2D eigenvalue weighted by molar-refractivity contribution is 6.30. The highest BCUT2D eigenvalue weighted by Gasteiger charge is 2.19. The lowest BCUT2D eigenvalue weighted by molar-refractivity contribution is 0.122. The maximum absolute atomic E-state index is 6.43. The Morgan fingerprint density at radius 1 is 1.19 bits per heavy atom. The molecule has 8 heteroatoms. The van der Waals surface area contributed by atoms with Crippen LogP contribution in [0.1, 0.15) is 11.1 Å². The number of morpholine rings is 1. The van der Waals surface area contributed by atoms with Gasteiger partial charge in [-0.05, 0) is 24.1 Å². The summed E-state index contributed by atoms with van der Waals surface area (Å²) in [4.78, 5) is 11.3. The standard InChI is InChI=1S/C18H22Cl2N4O2/c1-25-14-4-2-13(3-5-14)12-21-17-15(6-7-19)16(20)22-18(23-17)24-8-10-26-11-9-24/h2-5H,6-12H2,1H3,(H,21,22,23). The van der Waals surface area contributed by atoms with Gasteiger partial charge in [0.25, 0.3) is 0 Å². The van der Waals surface area contributed by atoms with E-state index in [-0.39, 0.29) is 0 Å². The van der Waals surface area contributed by atoms with Crippen LogP contribution in [0.2, 0.25) is 5.15 Å². The van der Waals surface area contributed by atoms with Crippen molar-refractivity contribution in [2.45, 2.75) is 13.0 Å². The number of rotatable bonds is 7. The zero-order chi connectivity index (χ0) is 18.4. The average molecular weight is 397 g/mol. The smallest absolute Gasteiger partial charge is 0.228 e. The maximum Gasteiger partial charge on any atom is 0.228 e. The monoisotopic (exact) mass is 396 g/mol. The molecular weight excluding hydrogens is 375 g/mol. The fourth-order valence-electron chi connectivity index (χ4n) is 2.74. The average Bonchev–Trinajstić information content (AvgIpc) is 2.69. The van der Waals surface area contributed by atoms with Gasteiger partial charge in [0.2, 0.25) is 5.95 Å². The van der Waals surface area contributed by atoms with Crippen LogP contribution in [0, 0.1) is 0 Å². The number of hydrogen-bond donors (Lipinski definition) is 1. The quantitative estimate of drug-likeness (QED) is 0.571. The van der Waals surface area contributed by atoms with Crippen molar-refractivity contribution in [3.63, 3.8) is 0 Å². The number of halogens is 2. The minimum absolute atomic E-state index is 0.444. The molecule has 0 amide bonds. The number of benzene rings is 1. The van der Waals surface area contributed by atoms with E-state index in [1.54, 1.807) is 7.11 Å². The molecule has 0 unspecified atom stereocenters. The van der Waals surface area contributed by atoms with Gasteiger partial charge >= 0.3 is 0 Å². The van der Waals surface area contributed by atoms with Crippen molar-refractivity contribution in [3.8, 4) is 5.75 Å². The normalized spacial score (nSPS) is 14.3. The molecule has 2 aromatic rings. The Balaban J connectivity index is 1.80. The number of anilines is 2. The van der Waals surface area contributed by atoms with E-state index in [1.165, 1.54) is 0 Å². The number of methoxy groups -OCH3 is 1. The van der Waals surface area contributed by atoms with Gasteiger partial charge in [-0.15, -0.1) is 11.6 Å². The number of aromatic nitrogens is 2. The molecule has 1 aliphatic rings. The maximum atomic E-state index is 6.43. The number of nitrogens with one attached hydrogen (secondary N) is 1. The first kappa shape index (κ1) is 19.0. The van der Waals surface area contributed by atoms with Crippen molar-refractivity contribution >= 4 is 35.0 Å². The van der Waals surface area contributed by atoms with Crippen LogP contribution in [0.15, 0.2) is 24.3 Å². The highest BCUT2D eigenvalue weighted by atomic mass is 35.5. The molecule has 140 valence electrons. The first-order chi connectivity index (χ1) is 12.7. The zero-order valence-corrected chi connectivity index (χ0v) is 16.2. The van der Waals surface area contributed by atoms with Crippen molar-refractivity contribution in [1.82, 2.24) is 9.97 Å². The molecule has 0 atom stereocenters. The zero-order valence-electron chi connectivity index (χ0n) is 14.7. The summed E-state index contributed by atoms with van der Waals surface area (Å²) in [5, 5.41) is 3.82. The molecule has 1 fully saturated rings. The Kier molecular flexibility index (Phi) is 6.77. The number of alkyl halides is 1. The fraction of sp³-hybridized carbons (Fsp3) is 0.444.